The predicted molar refractivity (Wildman–Crippen MR) is 143 cm³/mol. The lowest BCUT2D eigenvalue weighted by Gasteiger charge is -2.26. The molecule has 3 aromatic carbocycles. The van der Waals surface area contributed by atoms with E-state index in [0.29, 0.717) is 57.5 Å². The topological polar surface area (TPSA) is 65.3 Å². The molecule has 0 aliphatic carbocycles. The molecule has 4 aromatic rings. The summed E-state index contributed by atoms with van der Waals surface area (Å²) in [6.45, 7) is 3.89. The maximum atomic E-state index is 11.2. The third kappa shape index (κ3) is 6.17. The molecule has 7 heteroatoms. The van der Waals surface area contributed by atoms with Crippen LogP contribution in [0, 0.1) is 0 Å². The molecule has 0 aliphatic heterocycles. The highest BCUT2D eigenvalue weighted by Gasteiger charge is 2.17. The Balaban J connectivity index is 1.51. The second-order valence-corrected chi connectivity index (χ2v) is 8.85. The lowest BCUT2D eigenvalue weighted by Crippen LogP contribution is -2.36. The van der Waals surface area contributed by atoms with Gasteiger partial charge in [-0.15, -0.1) is 0 Å². The van der Waals surface area contributed by atoms with Gasteiger partial charge in [0.25, 0.3) is 0 Å². The molecule has 1 heterocycles. The van der Waals surface area contributed by atoms with Crippen LogP contribution >= 0.6 is 0 Å². The second kappa shape index (κ2) is 12.7. The molecule has 1 aromatic heterocycles. The highest BCUT2D eigenvalue weighted by atomic mass is 16.5. The summed E-state index contributed by atoms with van der Waals surface area (Å²) in [6, 6.07) is 22.7. The zero-order valence-corrected chi connectivity index (χ0v) is 21.4. The van der Waals surface area contributed by atoms with Gasteiger partial charge in [0, 0.05) is 55.7 Å². The number of aliphatic hydroxyl groups is 1. The van der Waals surface area contributed by atoms with E-state index in [1.807, 2.05) is 30.3 Å². The first-order valence-electron chi connectivity index (χ1n) is 12.3. The number of aromatic nitrogens is 1. The molecule has 0 spiro atoms. The van der Waals surface area contributed by atoms with Gasteiger partial charge in [0.1, 0.15) is 6.61 Å². The summed E-state index contributed by atoms with van der Waals surface area (Å²) in [4.78, 5) is 2.21. The Morgan fingerprint density at radius 3 is 2.11 bits per heavy atom. The third-order valence-corrected chi connectivity index (χ3v) is 6.33. The zero-order valence-electron chi connectivity index (χ0n) is 21.4. The summed E-state index contributed by atoms with van der Waals surface area (Å²) >= 11 is 0. The average molecular weight is 493 g/mol. The summed E-state index contributed by atoms with van der Waals surface area (Å²) in [5, 5.41) is 13.6. The van der Waals surface area contributed by atoms with Crippen molar-refractivity contribution in [3.8, 4) is 11.5 Å². The number of hydrogen-bond donors (Lipinski definition) is 1. The van der Waals surface area contributed by atoms with Crippen LogP contribution in [0.2, 0.25) is 0 Å². The molecule has 192 valence electrons. The summed E-state index contributed by atoms with van der Waals surface area (Å²) in [5.41, 5.74) is 3.34. The molecular formula is C29H36N2O5. The Morgan fingerprint density at radius 1 is 0.806 bits per heavy atom. The smallest absolute Gasteiger partial charge is 0.161 e. The van der Waals surface area contributed by atoms with Gasteiger partial charge in [-0.2, -0.15) is 0 Å². The summed E-state index contributed by atoms with van der Waals surface area (Å²) in [7, 11) is 4.98. The number of para-hydroxylation sites is 2. The van der Waals surface area contributed by atoms with Crippen molar-refractivity contribution in [2.45, 2.75) is 19.2 Å². The number of ether oxygens (including phenoxy) is 4. The van der Waals surface area contributed by atoms with Crippen LogP contribution in [0.4, 0.5) is 0 Å². The van der Waals surface area contributed by atoms with E-state index in [-0.39, 0.29) is 0 Å². The SMILES string of the molecule is COCCOc1cc(CN(CCOC)C[C@H](O)Cn2c3ccccc3c3ccccc32)ccc1OC. The number of nitrogens with zero attached hydrogens (tertiary/aromatic N) is 2. The summed E-state index contributed by atoms with van der Waals surface area (Å²) in [5.74, 6) is 1.37. The lowest BCUT2D eigenvalue weighted by molar-refractivity contribution is 0.0767. The van der Waals surface area contributed by atoms with Crippen LogP contribution in [-0.2, 0) is 22.6 Å². The number of rotatable bonds is 14. The van der Waals surface area contributed by atoms with Gasteiger partial charge in [-0.25, -0.2) is 0 Å². The van der Waals surface area contributed by atoms with Crippen LogP contribution in [0.5, 0.6) is 11.5 Å². The van der Waals surface area contributed by atoms with Gasteiger partial charge in [-0.3, -0.25) is 4.90 Å². The van der Waals surface area contributed by atoms with Crippen molar-refractivity contribution >= 4 is 21.8 Å². The second-order valence-electron chi connectivity index (χ2n) is 8.85. The summed E-state index contributed by atoms with van der Waals surface area (Å²) in [6.07, 6.45) is -0.559. The van der Waals surface area contributed by atoms with E-state index >= 15 is 0 Å². The summed E-state index contributed by atoms with van der Waals surface area (Å²) < 4.78 is 24.0. The number of methoxy groups -OCH3 is 3. The van der Waals surface area contributed by atoms with Gasteiger partial charge >= 0.3 is 0 Å². The van der Waals surface area contributed by atoms with Gasteiger partial charge in [0.15, 0.2) is 11.5 Å². The van der Waals surface area contributed by atoms with Crippen LogP contribution in [0.1, 0.15) is 5.56 Å². The fraction of sp³-hybridized carbons (Fsp3) is 0.379. The van der Waals surface area contributed by atoms with E-state index < -0.39 is 6.10 Å². The van der Waals surface area contributed by atoms with E-state index in [4.69, 9.17) is 18.9 Å². The fourth-order valence-corrected chi connectivity index (χ4v) is 4.65. The molecule has 0 unspecified atom stereocenters. The van der Waals surface area contributed by atoms with Crippen molar-refractivity contribution in [1.29, 1.82) is 0 Å². The molecule has 0 amide bonds. The van der Waals surface area contributed by atoms with E-state index in [1.165, 1.54) is 10.8 Å². The minimum atomic E-state index is -0.559. The molecule has 7 nitrogen and oxygen atoms in total. The molecule has 36 heavy (non-hydrogen) atoms. The minimum absolute atomic E-state index is 0.446. The normalized spacial score (nSPS) is 12.5. The van der Waals surface area contributed by atoms with Crippen LogP contribution in [0.15, 0.2) is 66.7 Å². The predicted octanol–water partition coefficient (Wildman–Crippen LogP) is 4.34. The van der Waals surface area contributed by atoms with Crippen molar-refractivity contribution in [1.82, 2.24) is 9.47 Å². The van der Waals surface area contributed by atoms with Crippen LogP contribution in [0.3, 0.4) is 0 Å². The average Bonchev–Trinajstić information content (AvgIpc) is 3.21. The van der Waals surface area contributed by atoms with Crippen molar-refractivity contribution in [3.05, 3.63) is 72.3 Å². The monoisotopic (exact) mass is 492 g/mol. The zero-order chi connectivity index (χ0) is 25.3. The Kier molecular flexibility index (Phi) is 9.19. The first-order chi connectivity index (χ1) is 17.6. The van der Waals surface area contributed by atoms with Gasteiger partial charge in [-0.05, 0) is 29.8 Å². The van der Waals surface area contributed by atoms with E-state index in [1.54, 1.807) is 21.3 Å². The minimum Gasteiger partial charge on any atom is -0.493 e. The standard InChI is InChI=1S/C29H36N2O5/c1-33-15-14-30(19-22-12-13-28(35-3)29(18-22)36-17-16-34-2)20-23(32)21-31-26-10-6-4-8-24(26)25-9-5-7-11-27(25)31/h4-13,18,23,32H,14-17,19-21H2,1-3H3/t23-/m0/s1. The van der Waals surface area contributed by atoms with Gasteiger partial charge in [0.2, 0.25) is 0 Å². The Hall–Kier alpha value is -3.10. The molecule has 0 bridgehead atoms. The highest BCUT2D eigenvalue weighted by Crippen LogP contribution is 2.30. The van der Waals surface area contributed by atoms with Crippen LogP contribution in [-0.4, -0.2) is 74.9 Å². The number of benzene rings is 3. The number of fused-ring (bicyclic) bond motifs is 3. The Morgan fingerprint density at radius 2 is 1.47 bits per heavy atom. The first kappa shape index (κ1) is 26.0. The van der Waals surface area contributed by atoms with Crippen molar-refractivity contribution in [2.24, 2.45) is 0 Å². The third-order valence-electron chi connectivity index (χ3n) is 6.33. The quantitative estimate of drug-likeness (QED) is 0.264. The van der Waals surface area contributed by atoms with E-state index in [0.717, 1.165) is 16.6 Å². The molecular weight excluding hydrogens is 456 g/mol. The van der Waals surface area contributed by atoms with Gasteiger partial charge < -0.3 is 28.6 Å². The van der Waals surface area contributed by atoms with Gasteiger partial charge in [-0.1, -0.05) is 42.5 Å². The molecule has 1 N–H and O–H groups in total. The molecule has 0 saturated heterocycles. The maximum Gasteiger partial charge on any atom is 0.161 e. The molecule has 1 atom stereocenters. The van der Waals surface area contributed by atoms with Crippen molar-refractivity contribution < 1.29 is 24.1 Å². The van der Waals surface area contributed by atoms with Crippen molar-refractivity contribution in [2.75, 3.05) is 54.2 Å². The Bertz CT molecular complexity index is 1200. The van der Waals surface area contributed by atoms with E-state index in [2.05, 4.69) is 45.9 Å². The highest BCUT2D eigenvalue weighted by molar-refractivity contribution is 6.07. The van der Waals surface area contributed by atoms with Crippen LogP contribution < -0.4 is 9.47 Å². The fourth-order valence-electron chi connectivity index (χ4n) is 4.65. The largest absolute Gasteiger partial charge is 0.493 e. The maximum absolute atomic E-state index is 11.2. The molecule has 0 radical (unpaired) electrons. The van der Waals surface area contributed by atoms with Crippen molar-refractivity contribution in [3.63, 3.8) is 0 Å². The molecule has 4 rings (SSSR count). The first-order valence-corrected chi connectivity index (χ1v) is 12.3. The lowest BCUT2D eigenvalue weighted by atomic mass is 10.1. The molecule has 0 aliphatic rings. The van der Waals surface area contributed by atoms with Crippen LogP contribution in [0.25, 0.3) is 21.8 Å². The molecule has 0 fully saturated rings. The number of hydrogen-bond acceptors (Lipinski definition) is 6. The molecule has 0 saturated carbocycles. The Labute approximate surface area is 212 Å². The number of aliphatic hydroxyl groups excluding tert-OH is 1. The van der Waals surface area contributed by atoms with E-state index in [9.17, 15) is 5.11 Å². The van der Waals surface area contributed by atoms with Gasteiger partial charge in [0.05, 0.1) is 33.0 Å².